The highest BCUT2D eigenvalue weighted by molar-refractivity contribution is 7.99. The lowest BCUT2D eigenvalue weighted by Crippen LogP contribution is -2.26. The number of rotatable bonds is 4. The Morgan fingerprint density at radius 2 is 1.85 bits per heavy atom. The molecule has 134 valence electrons. The van der Waals surface area contributed by atoms with Crippen LogP contribution < -0.4 is 15.5 Å². The number of anilines is 3. The summed E-state index contributed by atoms with van der Waals surface area (Å²) in [5.41, 5.74) is 7.75. The molecule has 8 nitrogen and oxygen atoms in total. The molecule has 1 aromatic heterocycles. The van der Waals surface area contributed by atoms with Crippen molar-refractivity contribution in [2.24, 2.45) is 0 Å². The van der Waals surface area contributed by atoms with Gasteiger partial charge in [-0.25, -0.2) is 9.97 Å². The highest BCUT2D eigenvalue weighted by Gasteiger charge is 2.31. The SMILES string of the molecule is CN1C(=C(C#N)C(=O)CSc2ncc(C#N)c(N)n2)N(C)c2ccccc21. The molecule has 0 unspecified atom stereocenters. The predicted molar refractivity (Wildman–Crippen MR) is 103 cm³/mol. The third-order valence-corrected chi connectivity index (χ3v) is 4.96. The molecule has 0 atom stereocenters. The van der Waals surface area contributed by atoms with E-state index in [-0.39, 0.29) is 33.6 Å². The van der Waals surface area contributed by atoms with Crippen molar-refractivity contribution in [2.45, 2.75) is 5.16 Å². The van der Waals surface area contributed by atoms with E-state index < -0.39 is 0 Å². The standard InChI is InChI=1S/C18H15N7OS/c1-24-13-5-3-4-6-14(13)25(2)17(24)12(8-20)15(26)10-27-18-22-9-11(7-19)16(21)23-18/h3-6,9H,10H2,1-2H3,(H2,21,22,23). The van der Waals surface area contributed by atoms with Gasteiger partial charge >= 0.3 is 0 Å². The van der Waals surface area contributed by atoms with Crippen LogP contribution in [0.2, 0.25) is 0 Å². The van der Waals surface area contributed by atoms with Crippen LogP contribution in [0.5, 0.6) is 0 Å². The van der Waals surface area contributed by atoms with Crippen molar-refractivity contribution >= 4 is 34.7 Å². The number of nitriles is 2. The Morgan fingerprint density at radius 1 is 1.22 bits per heavy atom. The first-order chi connectivity index (χ1) is 13.0. The summed E-state index contributed by atoms with van der Waals surface area (Å²) in [6, 6.07) is 11.6. The number of nitrogens with two attached hydrogens (primary N) is 1. The van der Waals surface area contributed by atoms with Crippen molar-refractivity contribution in [2.75, 3.05) is 35.4 Å². The number of benzene rings is 1. The van der Waals surface area contributed by atoms with Gasteiger partial charge in [0.2, 0.25) is 0 Å². The maximum absolute atomic E-state index is 12.7. The van der Waals surface area contributed by atoms with Gasteiger partial charge in [0.15, 0.2) is 10.9 Å². The van der Waals surface area contributed by atoms with Gasteiger partial charge in [0, 0.05) is 14.1 Å². The highest BCUT2D eigenvalue weighted by Crippen LogP contribution is 2.40. The van der Waals surface area contributed by atoms with E-state index in [2.05, 4.69) is 9.97 Å². The molecule has 0 aliphatic carbocycles. The van der Waals surface area contributed by atoms with Crippen LogP contribution in [0.1, 0.15) is 5.56 Å². The maximum atomic E-state index is 12.7. The number of carbonyl (C=O) groups is 1. The molecule has 0 fully saturated rings. The molecule has 0 bridgehead atoms. The molecule has 0 saturated heterocycles. The number of ketones is 1. The van der Waals surface area contributed by atoms with Gasteiger partial charge in [0.25, 0.3) is 0 Å². The van der Waals surface area contributed by atoms with Crippen LogP contribution in [0, 0.1) is 22.7 Å². The Hall–Kier alpha value is -3.56. The average molecular weight is 377 g/mol. The Balaban J connectivity index is 1.83. The van der Waals surface area contributed by atoms with Gasteiger partial charge in [-0.15, -0.1) is 0 Å². The Labute approximate surface area is 160 Å². The van der Waals surface area contributed by atoms with Crippen molar-refractivity contribution in [3.63, 3.8) is 0 Å². The fourth-order valence-electron chi connectivity index (χ4n) is 2.79. The second kappa shape index (κ2) is 7.36. The lowest BCUT2D eigenvalue weighted by molar-refractivity contribution is -0.112. The minimum Gasteiger partial charge on any atom is -0.382 e. The minimum absolute atomic E-state index is 0.0181. The second-order valence-corrected chi connectivity index (χ2v) is 6.63. The molecule has 9 heteroatoms. The van der Waals surface area contributed by atoms with Gasteiger partial charge < -0.3 is 15.5 Å². The van der Waals surface area contributed by atoms with Crippen LogP contribution in [0.15, 0.2) is 47.0 Å². The van der Waals surface area contributed by atoms with E-state index >= 15 is 0 Å². The molecule has 1 aliphatic heterocycles. The monoisotopic (exact) mass is 377 g/mol. The molecular weight excluding hydrogens is 362 g/mol. The molecule has 1 aliphatic rings. The summed E-state index contributed by atoms with van der Waals surface area (Å²) in [6.45, 7) is 0. The number of thioether (sulfide) groups is 1. The predicted octanol–water partition coefficient (Wildman–Crippen LogP) is 1.91. The maximum Gasteiger partial charge on any atom is 0.189 e. The molecule has 27 heavy (non-hydrogen) atoms. The minimum atomic E-state index is -0.337. The molecular formula is C18H15N7OS. The molecule has 0 radical (unpaired) electrons. The summed E-state index contributed by atoms with van der Waals surface area (Å²) in [6.07, 6.45) is 1.31. The Morgan fingerprint density at radius 3 is 2.37 bits per heavy atom. The fourth-order valence-corrected chi connectivity index (χ4v) is 3.49. The molecule has 2 heterocycles. The number of nitrogen functional groups attached to an aromatic ring is 1. The van der Waals surface area contributed by atoms with Crippen LogP contribution in [0.4, 0.5) is 17.2 Å². The number of aromatic nitrogens is 2. The van der Waals surface area contributed by atoms with Gasteiger partial charge in [0.1, 0.15) is 34.9 Å². The van der Waals surface area contributed by atoms with Crippen LogP contribution in [-0.4, -0.2) is 35.6 Å². The van der Waals surface area contributed by atoms with Gasteiger partial charge in [-0.05, 0) is 12.1 Å². The zero-order valence-electron chi connectivity index (χ0n) is 14.7. The number of para-hydroxylation sites is 2. The van der Waals surface area contributed by atoms with E-state index in [0.717, 1.165) is 23.1 Å². The molecule has 3 rings (SSSR count). The normalized spacial score (nSPS) is 12.4. The lowest BCUT2D eigenvalue weighted by atomic mass is 10.2. The summed E-state index contributed by atoms with van der Waals surface area (Å²) >= 11 is 1.07. The highest BCUT2D eigenvalue weighted by atomic mass is 32.2. The molecule has 2 aromatic rings. The van der Waals surface area contributed by atoms with Crippen molar-refractivity contribution in [1.29, 1.82) is 10.5 Å². The summed E-state index contributed by atoms with van der Waals surface area (Å²) in [5.74, 6) is 0.238. The largest absolute Gasteiger partial charge is 0.382 e. The summed E-state index contributed by atoms with van der Waals surface area (Å²) < 4.78 is 0. The van der Waals surface area contributed by atoms with Gasteiger partial charge in [-0.2, -0.15) is 10.5 Å². The fraction of sp³-hybridized carbons (Fsp3) is 0.167. The first kappa shape index (κ1) is 18.2. The zero-order valence-corrected chi connectivity index (χ0v) is 15.5. The quantitative estimate of drug-likeness (QED) is 0.368. The summed E-state index contributed by atoms with van der Waals surface area (Å²) in [4.78, 5) is 24.3. The number of nitrogens with zero attached hydrogens (tertiary/aromatic N) is 6. The van der Waals surface area contributed by atoms with Crippen molar-refractivity contribution in [3.05, 3.63) is 47.4 Å². The Kier molecular flexibility index (Phi) is 4.97. The average Bonchev–Trinajstić information content (AvgIpc) is 2.93. The number of fused-ring (bicyclic) bond motifs is 1. The van der Waals surface area contributed by atoms with Crippen LogP contribution in [0.3, 0.4) is 0 Å². The number of hydrogen-bond donors (Lipinski definition) is 1. The molecule has 0 amide bonds. The molecule has 2 N–H and O–H groups in total. The van der Waals surface area contributed by atoms with Crippen LogP contribution >= 0.6 is 11.8 Å². The third-order valence-electron chi connectivity index (χ3n) is 4.10. The molecule has 0 spiro atoms. The topological polar surface area (TPSA) is 123 Å². The first-order valence-corrected chi connectivity index (χ1v) is 8.86. The number of Topliss-reactive ketones (excluding diaryl/α,β-unsaturated/α-hetero) is 1. The lowest BCUT2D eigenvalue weighted by Gasteiger charge is -2.19. The summed E-state index contributed by atoms with van der Waals surface area (Å²) in [5, 5.41) is 18.7. The van der Waals surface area contributed by atoms with E-state index in [1.54, 1.807) is 0 Å². The van der Waals surface area contributed by atoms with Crippen molar-refractivity contribution in [3.8, 4) is 12.1 Å². The number of hydrogen-bond acceptors (Lipinski definition) is 9. The molecule has 1 aromatic carbocycles. The summed E-state index contributed by atoms with van der Waals surface area (Å²) in [7, 11) is 3.64. The second-order valence-electron chi connectivity index (χ2n) is 5.69. The van der Waals surface area contributed by atoms with Gasteiger partial charge in [-0.1, -0.05) is 23.9 Å². The van der Waals surface area contributed by atoms with E-state index in [1.165, 1.54) is 6.20 Å². The van der Waals surface area contributed by atoms with Crippen molar-refractivity contribution < 1.29 is 4.79 Å². The van der Waals surface area contributed by atoms with E-state index in [1.807, 2.05) is 60.3 Å². The first-order valence-electron chi connectivity index (χ1n) is 7.87. The van der Waals surface area contributed by atoms with Gasteiger partial charge in [-0.3, -0.25) is 4.79 Å². The van der Waals surface area contributed by atoms with E-state index in [4.69, 9.17) is 11.0 Å². The van der Waals surface area contributed by atoms with Crippen molar-refractivity contribution in [1.82, 2.24) is 9.97 Å². The van der Waals surface area contributed by atoms with Gasteiger partial charge in [0.05, 0.1) is 23.3 Å². The van der Waals surface area contributed by atoms with Crippen LogP contribution in [-0.2, 0) is 4.79 Å². The Bertz CT molecular complexity index is 1000. The number of carbonyl (C=O) groups excluding carboxylic acids is 1. The van der Waals surface area contributed by atoms with E-state index in [9.17, 15) is 10.1 Å². The van der Waals surface area contributed by atoms with Crippen LogP contribution in [0.25, 0.3) is 0 Å². The smallest absolute Gasteiger partial charge is 0.189 e. The number of allylic oxidation sites excluding steroid dienone is 1. The zero-order chi connectivity index (χ0) is 19.6. The molecule has 0 saturated carbocycles. The van der Waals surface area contributed by atoms with E-state index in [0.29, 0.717) is 5.82 Å². The third kappa shape index (κ3) is 3.28.